The number of methoxy groups -OCH3 is 1. The highest BCUT2D eigenvalue weighted by molar-refractivity contribution is 7.84. The van der Waals surface area contributed by atoms with Crippen molar-refractivity contribution in [3.63, 3.8) is 0 Å². The second-order valence-electron chi connectivity index (χ2n) is 7.96. The minimum atomic E-state index is -1.44. The molecule has 6 nitrogen and oxygen atoms in total. The van der Waals surface area contributed by atoms with E-state index in [4.69, 9.17) is 9.47 Å². The molecule has 0 fully saturated rings. The van der Waals surface area contributed by atoms with Crippen LogP contribution in [0.25, 0.3) is 0 Å². The lowest BCUT2D eigenvalue weighted by Crippen LogP contribution is -2.32. The van der Waals surface area contributed by atoms with Crippen LogP contribution in [0.2, 0.25) is 0 Å². The number of esters is 1. The highest BCUT2D eigenvalue weighted by Crippen LogP contribution is 2.25. The third-order valence-electron chi connectivity index (χ3n) is 5.42. The molecule has 0 radical (unpaired) electrons. The maximum absolute atomic E-state index is 12.7. The molecule has 3 rings (SSSR count). The van der Waals surface area contributed by atoms with E-state index in [9.17, 15) is 13.8 Å². The number of carbonyl (C=O) groups excluding carboxylic acids is 2. The second-order valence-corrected chi connectivity index (χ2v) is 9.31. The van der Waals surface area contributed by atoms with Gasteiger partial charge in [-0.1, -0.05) is 30.3 Å². The van der Waals surface area contributed by atoms with Crippen LogP contribution in [0.4, 0.5) is 0 Å². The van der Waals surface area contributed by atoms with E-state index < -0.39 is 16.8 Å². The number of nitrogens with one attached hydrogen (secondary N) is 1. The Hall–Kier alpha value is -3.00. The first-order chi connectivity index (χ1) is 16.4. The Morgan fingerprint density at radius 1 is 0.971 bits per heavy atom. The first-order valence-electron chi connectivity index (χ1n) is 11.0. The standard InChI is InChI=1S/C27H29NO5S.ClH/c1-19(9-10-20-11-14-23(32-2)15-12-20)28-18-24(29)22-13-16-25(26(17-22)34(3)31)33-27(30)21-7-5-4-6-8-21;/h4-8,11-17,19,28H,9-10,18H2,1-3H3;1H. The van der Waals surface area contributed by atoms with Crippen molar-refractivity contribution >= 4 is 35.0 Å². The van der Waals surface area contributed by atoms with Gasteiger partial charge in [-0.3, -0.25) is 9.00 Å². The number of benzene rings is 3. The summed E-state index contributed by atoms with van der Waals surface area (Å²) >= 11 is 0. The molecule has 2 atom stereocenters. The predicted molar refractivity (Wildman–Crippen MR) is 141 cm³/mol. The Morgan fingerprint density at radius 3 is 2.29 bits per heavy atom. The molecule has 0 aliphatic heterocycles. The highest BCUT2D eigenvalue weighted by Gasteiger charge is 2.17. The first kappa shape index (κ1) is 28.2. The van der Waals surface area contributed by atoms with Crippen molar-refractivity contribution in [2.45, 2.75) is 30.7 Å². The minimum Gasteiger partial charge on any atom is -0.497 e. The summed E-state index contributed by atoms with van der Waals surface area (Å²) < 4.78 is 22.9. The maximum Gasteiger partial charge on any atom is 0.343 e. The summed E-state index contributed by atoms with van der Waals surface area (Å²) in [5.41, 5.74) is 2.01. The van der Waals surface area contributed by atoms with Crippen molar-refractivity contribution in [1.82, 2.24) is 5.32 Å². The molecule has 0 aliphatic carbocycles. The molecule has 0 heterocycles. The molecule has 0 amide bonds. The van der Waals surface area contributed by atoms with Crippen molar-refractivity contribution < 1.29 is 23.3 Å². The summed E-state index contributed by atoms with van der Waals surface area (Å²) in [6, 6.07) is 21.3. The van der Waals surface area contributed by atoms with Crippen LogP contribution in [0.1, 0.15) is 39.6 Å². The van der Waals surface area contributed by atoms with Crippen LogP contribution in [0.15, 0.2) is 77.7 Å². The Bertz CT molecular complexity index is 1150. The van der Waals surface area contributed by atoms with Gasteiger partial charge in [0.05, 0.1) is 34.9 Å². The third-order valence-corrected chi connectivity index (χ3v) is 6.36. The zero-order valence-corrected chi connectivity index (χ0v) is 21.6. The third kappa shape index (κ3) is 8.31. The zero-order valence-electron chi connectivity index (χ0n) is 20.0. The molecule has 0 bridgehead atoms. The van der Waals surface area contributed by atoms with E-state index in [1.54, 1.807) is 43.5 Å². The number of carbonyl (C=O) groups is 2. The van der Waals surface area contributed by atoms with Gasteiger partial charge in [0.2, 0.25) is 0 Å². The van der Waals surface area contributed by atoms with E-state index in [1.807, 2.05) is 31.2 Å². The Morgan fingerprint density at radius 2 is 1.66 bits per heavy atom. The summed E-state index contributed by atoms with van der Waals surface area (Å²) in [6.45, 7) is 2.19. The molecule has 8 heteroatoms. The normalized spacial score (nSPS) is 12.2. The van der Waals surface area contributed by atoms with Crippen molar-refractivity contribution in [3.8, 4) is 11.5 Å². The van der Waals surface area contributed by atoms with E-state index in [1.165, 1.54) is 24.0 Å². The van der Waals surface area contributed by atoms with Crippen LogP contribution >= 0.6 is 12.4 Å². The average molecular weight is 516 g/mol. The van der Waals surface area contributed by atoms with Crippen molar-refractivity contribution in [1.29, 1.82) is 0 Å². The summed E-state index contributed by atoms with van der Waals surface area (Å²) in [5.74, 6) is 0.350. The van der Waals surface area contributed by atoms with E-state index in [-0.39, 0.29) is 36.5 Å². The lowest BCUT2D eigenvalue weighted by Gasteiger charge is -2.14. The summed E-state index contributed by atoms with van der Waals surface area (Å²) in [6.07, 6.45) is 3.24. The van der Waals surface area contributed by atoms with Crippen LogP contribution in [0.3, 0.4) is 0 Å². The van der Waals surface area contributed by atoms with Gasteiger partial charge in [-0.25, -0.2) is 4.79 Å². The maximum atomic E-state index is 12.7. The molecule has 35 heavy (non-hydrogen) atoms. The van der Waals surface area contributed by atoms with Gasteiger partial charge in [-0.15, -0.1) is 12.4 Å². The van der Waals surface area contributed by atoms with Crippen LogP contribution in [-0.4, -0.2) is 41.9 Å². The largest absolute Gasteiger partial charge is 0.497 e. The van der Waals surface area contributed by atoms with E-state index in [2.05, 4.69) is 5.32 Å². The van der Waals surface area contributed by atoms with Gasteiger partial charge >= 0.3 is 5.97 Å². The topological polar surface area (TPSA) is 81.7 Å². The van der Waals surface area contributed by atoms with Gasteiger partial charge < -0.3 is 14.8 Å². The molecular weight excluding hydrogens is 486 g/mol. The number of ketones is 1. The van der Waals surface area contributed by atoms with Gasteiger partial charge in [0.1, 0.15) is 11.5 Å². The van der Waals surface area contributed by atoms with Crippen LogP contribution < -0.4 is 14.8 Å². The monoisotopic (exact) mass is 515 g/mol. The molecule has 0 spiro atoms. The predicted octanol–water partition coefficient (Wildman–Crippen LogP) is 4.87. The van der Waals surface area contributed by atoms with Gasteiger partial charge in [-0.05, 0) is 67.8 Å². The summed E-state index contributed by atoms with van der Waals surface area (Å²) in [4.78, 5) is 25.4. The number of hydrogen-bond donors (Lipinski definition) is 1. The van der Waals surface area contributed by atoms with E-state index in [0.717, 1.165) is 18.6 Å². The average Bonchev–Trinajstić information content (AvgIpc) is 2.86. The van der Waals surface area contributed by atoms with Gasteiger partial charge in [0.15, 0.2) is 5.78 Å². The van der Waals surface area contributed by atoms with Crippen LogP contribution in [0.5, 0.6) is 11.5 Å². The smallest absolute Gasteiger partial charge is 0.343 e. The van der Waals surface area contributed by atoms with E-state index >= 15 is 0 Å². The van der Waals surface area contributed by atoms with Gasteiger partial charge in [0, 0.05) is 17.9 Å². The van der Waals surface area contributed by atoms with Crippen molar-refractivity contribution in [2.75, 3.05) is 19.9 Å². The SMILES string of the molecule is COc1ccc(CCC(C)NCC(=O)c2ccc(OC(=O)c3ccccc3)c(S(C)=O)c2)cc1.Cl. The fourth-order valence-corrected chi connectivity index (χ4v) is 4.06. The van der Waals surface area contributed by atoms with Crippen LogP contribution in [-0.2, 0) is 17.2 Å². The number of aryl methyl sites for hydroxylation is 1. The Labute approximate surface area is 214 Å². The minimum absolute atomic E-state index is 0. The van der Waals surface area contributed by atoms with Crippen LogP contribution in [0, 0.1) is 0 Å². The lowest BCUT2D eigenvalue weighted by atomic mass is 10.1. The van der Waals surface area contributed by atoms with Crippen molar-refractivity contribution in [2.24, 2.45) is 0 Å². The molecule has 1 N–H and O–H groups in total. The quantitative estimate of drug-likeness (QED) is 0.223. The molecule has 2 unspecified atom stereocenters. The molecule has 3 aromatic carbocycles. The fourth-order valence-electron chi connectivity index (χ4n) is 3.37. The van der Waals surface area contributed by atoms with Crippen molar-refractivity contribution in [3.05, 3.63) is 89.5 Å². The van der Waals surface area contributed by atoms with Gasteiger partial charge in [-0.2, -0.15) is 0 Å². The van der Waals surface area contributed by atoms with Gasteiger partial charge in [0.25, 0.3) is 0 Å². The number of hydrogen-bond acceptors (Lipinski definition) is 6. The molecule has 0 aromatic heterocycles. The molecular formula is C27H30ClNO5S. The number of Topliss-reactive ketones (excluding diaryl/α,β-unsaturated/α-hetero) is 1. The lowest BCUT2D eigenvalue weighted by molar-refractivity contribution is 0.0730. The summed E-state index contributed by atoms with van der Waals surface area (Å²) in [7, 11) is 0.204. The first-order valence-corrected chi connectivity index (χ1v) is 12.6. The molecule has 0 saturated heterocycles. The number of ether oxygens (including phenoxy) is 2. The Balaban J connectivity index is 0.00000432. The second kappa shape index (κ2) is 13.8. The Kier molecular flexibility index (Phi) is 11.1. The summed E-state index contributed by atoms with van der Waals surface area (Å²) in [5, 5.41) is 3.26. The molecule has 186 valence electrons. The highest BCUT2D eigenvalue weighted by atomic mass is 35.5. The fraction of sp³-hybridized carbons (Fsp3) is 0.259. The molecule has 0 saturated carbocycles. The number of rotatable bonds is 11. The number of halogens is 1. The molecule has 3 aromatic rings. The molecule has 0 aliphatic rings. The van der Waals surface area contributed by atoms with E-state index in [0.29, 0.717) is 16.0 Å². The zero-order chi connectivity index (χ0) is 24.5.